The number of anilines is 1. The van der Waals surface area contributed by atoms with E-state index in [1.807, 2.05) is 41.9 Å². The number of carbonyl (C=O) groups excluding carboxylic acids is 1. The Hall–Kier alpha value is -3.36. The quantitative estimate of drug-likeness (QED) is 0.370. The lowest BCUT2D eigenvalue weighted by Gasteiger charge is -2.06. The van der Waals surface area contributed by atoms with Crippen LogP contribution >= 0.6 is 23.4 Å². The second kappa shape index (κ2) is 8.29. The van der Waals surface area contributed by atoms with Gasteiger partial charge in [-0.1, -0.05) is 59.3 Å². The molecule has 5 rings (SSSR count). The van der Waals surface area contributed by atoms with Crippen molar-refractivity contribution in [3.8, 4) is 11.3 Å². The number of thioether (sulfide) groups is 1. The molecule has 9 heteroatoms. The van der Waals surface area contributed by atoms with Gasteiger partial charge in [0.15, 0.2) is 10.8 Å². The number of halogens is 1. The van der Waals surface area contributed by atoms with Crippen LogP contribution in [0, 0.1) is 13.8 Å². The van der Waals surface area contributed by atoms with Crippen molar-refractivity contribution in [1.82, 2.24) is 24.2 Å². The summed E-state index contributed by atoms with van der Waals surface area (Å²) >= 11 is 7.45. The molecule has 0 saturated carbocycles. The molecule has 0 radical (unpaired) electrons. The van der Waals surface area contributed by atoms with Crippen LogP contribution in [0.4, 0.5) is 5.69 Å². The normalized spacial score (nSPS) is 11.3. The number of carbonyl (C=O) groups is 1. The van der Waals surface area contributed by atoms with Crippen LogP contribution in [0.15, 0.2) is 66.1 Å². The van der Waals surface area contributed by atoms with E-state index in [2.05, 4.69) is 51.8 Å². The van der Waals surface area contributed by atoms with Gasteiger partial charge in [-0.2, -0.15) is 5.10 Å². The van der Waals surface area contributed by atoms with Gasteiger partial charge in [0.1, 0.15) is 5.52 Å². The van der Waals surface area contributed by atoms with Crippen molar-refractivity contribution in [2.45, 2.75) is 19.0 Å². The molecule has 0 spiro atoms. The Morgan fingerprint density at radius 1 is 1.06 bits per heavy atom. The summed E-state index contributed by atoms with van der Waals surface area (Å²) in [5, 5.41) is 17.4. The van der Waals surface area contributed by atoms with Crippen LogP contribution in [0.3, 0.4) is 0 Å². The summed E-state index contributed by atoms with van der Waals surface area (Å²) in [6.45, 7) is 3.98. The average molecular weight is 463 g/mol. The van der Waals surface area contributed by atoms with E-state index in [4.69, 9.17) is 11.6 Å². The zero-order valence-corrected chi connectivity index (χ0v) is 19.0. The van der Waals surface area contributed by atoms with Gasteiger partial charge in [-0.3, -0.25) is 9.20 Å². The van der Waals surface area contributed by atoms with Crippen LogP contribution in [0.5, 0.6) is 0 Å². The minimum Gasteiger partial charge on any atom is -0.325 e. The first-order chi connectivity index (χ1) is 15.5. The number of aryl methyl sites for hydroxylation is 2. The lowest BCUT2D eigenvalue weighted by molar-refractivity contribution is -0.113. The highest BCUT2D eigenvalue weighted by atomic mass is 35.5. The first kappa shape index (κ1) is 20.5. The number of benzene rings is 2. The molecule has 0 atom stereocenters. The molecule has 1 amide bonds. The molecule has 32 heavy (non-hydrogen) atoms. The Bertz CT molecular complexity index is 1460. The predicted molar refractivity (Wildman–Crippen MR) is 127 cm³/mol. The Labute approximate surface area is 193 Å². The minimum atomic E-state index is -0.140. The van der Waals surface area contributed by atoms with Crippen molar-refractivity contribution >= 4 is 46.1 Å². The third-order valence-corrected chi connectivity index (χ3v) is 6.47. The lowest BCUT2D eigenvalue weighted by Crippen LogP contribution is -2.14. The van der Waals surface area contributed by atoms with Gasteiger partial charge >= 0.3 is 0 Å². The number of nitrogens with one attached hydrogen (secondary N) is 1. The summed E-state index contributed by atoms with van der Waals surface area (Å²) in [6, 6.07) is 15.7. The SMILES string of the molecule is Cc1ccc(-c2cc3c4nnc(SCC(=O)Nc5ccc(C)c(Cl)c5)n4ccn3n2)cc1. The minimum absolute atomic E-state index is 0.140. The highest BCUT2D eigenvalue weighted by Gasteiger charge is 2.14. The lowest BCUT2D eigenvalue weighted by atomic mass is 10.1. The Morgan fingerprint density at radius 2 is 1.88 bits per heavy atom. The van der Waals surface area contributed by atoms with E-state index in [1.54, 1.807) is 10.6 Å². The van der Waals surface area contributed by atoms with Gasteiger partial charge in [-0.05, 0) is 37.6 Å². The maximum absolute atomic E-state index is 12.4. The van der Waals surface area contributed by atoms with Crippen molar-refractivity contribution in [2.24, 2.45) is 0 Å². The van der Waals surface area contributed by atoms with Crippen LogP contribution in [-0.2, 0) is 4.79 Å². The Morgan fingerprint density at radius 3 is 2.66 bits per heavy atom. The summed E-state index contributed by atoms with van der Waals surface area (Å²) in [5.74, 6) is 0.0597. The van der Waals surface area contributed by atoms with Crippen molar-refractivity contribution < 1.29 is 4.79 Å². The fraction of sp³-hybridized carbons (Fsp3) is 0.130. The van der Waals surface area contributed by atoms with Crippen molar-refractivity contribution in [2.75, 3.05) is 11.1 Å². The molecule has 3 aromatic heterocycles. The molecular formula is C23H19ClN6OS. The highest BCUT2D eigenvalue weighted by Crippen LogP contribution is 2.25. The van der Waals surface area contributed by atoms with E-state index in [0.29, 0.717) is 21.5 Å². The van der Waals surface area contributed by atoms with Crippen LogP contribution in [0.1, 0.15) is 11.1 Å². The molecule has 0 fully saturated rings. The average Bonchev–Trinajstić information content (AvgIpc) is 3.39. The largest absolute Gasteiger partial charge is 0.325 e. The second-order valence-electron chi connectivity index (χ2n) is 7.50. The summed E-state index contributed by atoms with van der Waals surface area (Å²) in [5.41, 5.74) is 6.28. The molecule has 0 aliphatic carbocycles. The fourth-order valence-corrected chi connectivity index (χ4v) is 4.25. The third kappa shape index (κ3) is 3.94. The molecule has 0 bridgehead atoms. The van der Waals surface area contributed by atoms with Crippen LogP contribution in [0.25, 0.3) is 22.4 Å². The Balaban J connectivity index is 1.35. The molecule has 0 aliphatic rings. The summed E-state index contributed by atoms with van der Waals surface area (Å²) < 4.78 is 3.66. The molecule has 5 aromatic rings. The van der Waals surface area contributed by atoms with Crippen molar-refractivity contribution in [3.63, 3.8) is 0 Å². The molecule has 0 aliphatic heterocycles. The molecule has 160 valence electrons. The van der Waals surface area contributed by atoms with E-state index in [-0.39, 0.29) is 11.7 Å². The topological polar surface area (TPSA) is 76.6 Å². The standard InChI is InChI=1S/C23H19ClN6OS/c1-14-3-6-16(7-4-14)19-12-20-22-26-27-23(29(22)9-10-30(20)28-19)32-13-21(31)25-17-8-5-15(2)18(24)11-17/h3-12H,13H2,1-2H3,(H,25,31). The van der Waals surface area contributed by atoms with Gasteiger partial charge in [0.05, 0.1) is 11.4 Å². The van der Waals surface area contributed by atoms with Crippen LogP contribution in [-0.4, -0.2) is 35.9 Å². The van der Waals surface area contributed by atoms with Crippen molar-refractivity contribution in [1.29, 1.82) is 0 Å². The van der Waals surface area contributed by atoms with Gasteiger partial charge in [0.2, 0.25) is 5.91 Å². The number of hydrogen-bond acceptors (Lipinski definition) is 5. The van der Waals surface area contributed by atoms with E-state index in [9.17, 15) is 4.79 Å². The summed E-state index contributed by atoms with van der Waals surface area (Å²) in [4.78, 5) is 12.4. The van der Waals surface area contributed by atoms with Gasteiger partial charge in [0.25, 0.3) is 0 Å². The summed E-state index contributed by atoms with van der Waals surface area (Å²) in [7, 11) is 0. The van der Waals surface area contributed by atoms with E-state index in [1.165, 1.54) is 17.3 Å². The maximum Gasteiger partial charge on any atom is 0.234 e. The molecular weight excluding hydrogens is 444 g/mol. The van der Waals surface area contributed by atoms with Crippen molar-refractivity contribution in [3.05, 3.63) is 77.1 Å². The van der Waals surface area contributed by atoms with E-state index >= 15 is 0 Å². The fourth-order valence-electron chi connectivity index (χ4n) is 3.35. The number of aromatic nitrogens is 5. The number of nitrogens with zero attached hydrogens (tertiary/aromatic N) is 5. The molecule has 0 unspecified atom stereocenters. The molecule has 2 aromatic carbocycles. The highest BCUT2D eigenvalue weighted by molar-refractivity contribution is 7.99. The molecule has 7 nitrogen and oxygen atoms in total. The zero-order chi connectivity index (χ0) is 22.2. The smallest absolute Gasteiger partial charge is 0.234 e. The van der Waals surface area contributed by atoms with Gasteiger partial charge in [0, 0.05) is 28.7 Å². The first-order valence-corrected chi connectivity index (χ1v) is 11.3. The summed E-state index contributed by atoms with van der Waals surface area (Å²) in [6.07, 6.45) is 3.72. The molecule has 3 heterocycles. The zero-order valence-electron chi connectivity index (χ0n) is 17.4. The number of rotatable bonds is 5. The maximum atomic E-state index is 12.4. The van der Waals surface area contributed by atoms with Gasteiger partial charge in [-0.25, -0.2) is 4.52 Å². The van der Waals surface area contributed by atoms with Gasteiger partial charge in [-0.15, -0.1) is 10.2 Å². The van der Waals surface area contributed by atoms with Crippen LogP contribution < -0.4 is 5.32 Å². The molecule has 1 N–H and O–H groups in total. The Kier molecular flexibility index (Phi) is 5.32. The first-order valence-electron chi connectivity index (χ1n) is 9.97. The van der Waals surface area contributed by atoms with E-state index in [0.717, 1.165) is 22.3 Å². The van der Waals surface area contributed by atoms with Crippen LogP contribution in [0.2, 0.25) is 5.02 Å². The number of fused-ring (bicyclic) bond motifs is 3. The van der Waals surface area contributed by atoms with E-state index < -0.39 is 0 Å². The van der Waals surface area contributed by atoms with Gasteiger partial charge < -0.3 is 5.32 Å². The molecule has 0 saturated heterocycles. The number of amides is 1. The third-order valence-electron chi connectivity index (χ3n) is 5.12. The predicted octanol–water partition coefficient (Wildman–Crippen LogP) is 5.05. The monoisotopic (exact) mass is 462 g/mol. The second-order valence-corrected chi connectivity index (χ2v) is 8.85. The number of hydrogen-bond donors (Lipinski definition) is 1.